The van der Waals surface area contributed by atoms with Crippen molar-refractivity contribution >= 4 is 29.5 Å². The maximum atomic E-state index is 13.9. The molecule has 0 radical (unpaired) electrons. The zero-order valence-electron chi connectivity index (χ0n) is 23.6. The third-order valence-electron chi connectivity index (χ3n) is 8.87. The van der Waals surface area contributed by atoms with Gasteiger partial charge in [-0.3, -0.25) is 24.1 Å². The van der Waals surface area contributed by atoms with Gasteiger partial charge in [0.1, 0.15) is 0 Å². The summed E-state index contributed by atoms with van der Waals surface area (Å²) >= 11 is 0. The fourth-order valence-electron chi connectivity index (χ4n) is 6.86. The van der Waals surface area contributed by atoms with Gasteiger partial charge in [-0.1, -0.05) is 54.1 Å². The first-order chi connectivity index (χ1) is 20.2. The topological polar surface area (TPSA) is 110 Å². The third kappa shape index (κ3) is 4.38. The number of Topliss-reactive ketones (excluding diaryl/α,β-unsaturated/α-hetero) is 1. The summed E-state index contributed by atoms with van der Waals surface area (Å²) in [6.45, 7) is 1.83. The Morgan fingerprint density at radius 1 is 0.976 bits per heavy atom. The molecule has 0 saturated carbocycles. The number of phenolic OH excluding ortho intramolecular Hbond substituents is 1. The highest BCUT2D eigenvalue weighted by Gasteiger charge is 2.55. The van der Waals surface area contributed by atoms with Gasteiger partial charge in [-0.15, -0.1) is 0 Å². The smallest absolute Gasteiger partial charge is 0.234 e. The number of fused-ring (bicyclic) bond motifs is 3. The number of hydrogen-bond donors (Lipinski definition) is 1. The molecular weight excluding hydrogens is 534 g/mol. The van der Waals surface area contributed by atoms with Gasteiger partial charge in [-0.25, -0.2) is 0 Å². The highest BCUT2D eigenvalue weighted by atomic mass is 16.5. The van der Waals surface area contributed by atoms with Gasteiger partial charge in [0, 0.05) is 22.6 Å². The van der Waals surface area contributed by atoms with Crippen LogP contribution in [-0.4, -0.2) is 47.6 Å². The molecule has 4 atom stereocenters. The Morgan fingerprint density at radius 3 is 2.33 bits per heavy atom. The lowest BCUT2D eigenvalue weighted by atomic mass is 9.60. The van der Waals surface area contributed by atoms with Crippen molar-refractivity contribution in [1.82, 2.24) is 4.90 Å². The van der Waals surface area contributed by atoms with Crippen LogP contribution in [0.25, 0.3) is 6.08 Å². The zero-order valence-corrected chi connectivity index (χ0v) is 23.6. The SMILES string of the molecule is COc1cc(C=C[C@H]2C3=CC[C@@H]4C(=O)N(Cc5ccccc5)C(=O)[C@@H]4[C@@H]3CC3=C2C(=O)C=C(C)C3=O)cc(OC)c1O. The van der Waals surface area contributed by atoms with E-state index in [1.54, 1.807) is 25.1 Å². The highest BCUT2D eigenvalue weighted by Crippen LogP contribution is 2.53. The van der Waals surface area contributed by atoms with Gasteiger partial charge in [-0.05, 0) is 55.0 Å². The van der Waals surface area contributed by atoms with Crippen molar-refractivity contribution in [2.24, 2.45) is 23.7 Å². The quantitative estimate of drug-likeness (QED) is 0.310. The number of rotatable bonds is 6. The molecule has 1 saturated heterocycles. The van der Waals surface area contributed by atoms with Crippen LogP contribution in [0.1, 0.15) is 30.9 Å². The number of hydrogen-bond acceptors (Lipinski definition) is 7. The summed E-state index contributed by atoms with van der Waals surface area (Å²) in [5, 5.41) is 10.3. The molecule has 4 aliphatic rings. The van der Waals surface area contributed by atoms with Crippen molar-refractivity contribution in [2.45, 2.75) is 26.3 Å². The highest BCUT2D eigenvalue weighted by molar-refractivity contribution is 6.23. The lowest BCUT2D eigenvalue weighted by Gasteiger charge is -2.41. The number of ketones is 2. The fourth-order valence-corrected chi connectivity index (χ4v) is 6.86. The standard InChI is InChI=1S/C34H31NO7/c1-18-13-26(36)29-22(10-9-20-14-27(41-2)32(38)28(15-20)42-3)21-11-12-23-30(24(21)16-25(29)31(18)37)34(40)35(33(23)39)17-19-7-5-4-6-8-19/h4-11,13-15,22-24,30,38H,12,16-17H2,1-3H3/t22-,23-,24+,30-/m0/s1. The van der Waals surface area contributed by atoms with Crippen LogP contribution >= 0.6 is 0 Å². The number of likely N-dealkylation sites (tertiary alicyclic amines) is 1. The summed E-state index contributed by atoms with van der Waals surface area (Å²) in [7, 11) is 2.88. The van der Waals surface area contributed by atoms with Crippen LogP contribution in [0, 0.1) is 23.7 Å². The third-order valence-corrected chi connectivity index (χ3v) is 8.87. The summed E-state index contributed by atoms with van der Waals surface area (Å²) in [6, 6.07) is 12.7. The second-order valence-electron chi connectivity index (χ2n) is 11.2. The summed E-state index contributed by atoms with van der Waals surface area (Å²) < 4.78 is 10.6. The normalized spacial score (nSPS) is 25.3. The van der Waals surface area contributed by atoms with E-state index in [9.17, 15) is 24.3 Å². The molecule has 2 amide bonds. The van der Waals surface area contributed by atoms with E-state index in [4.69, 9.17) is 9.47 Å². The molecule has 42 heavy (non-hydrogen) atoms. The number of benzene rings is 2. The average molecular weight is 566 g/mol. The minimum absolute atomic E-state index is 0.126. The van der Waals surface area contributed by atoms with Crippen LogP contribution in [0.15, 0.2) is 83.0 Å². The Morgan fingerprint density at radius 2 is 1.67 bits per heavy atom. The first-order valence-corrected chi connectivity index (χ1v) is 14.0. The van der Waals surface area contributed by atoms with Crippen LogP contribution in [0.5, 0.6) is 17.2 Å². The largest absolute Gasteiger partial charge is 0.502 e. The molecule has 0 unspecified atom stereocenters. The van der Waals surface area contributed by atoms with Gasteiger partial charge >= 0.3 is 0 Å². The van der Waals surface area contributed by atoms with Gasteiger partial charge in [0.2, 0.25) is 17.6 Å². The second kappa shape index (κ2) is 10.6. The number of methoxy groups -OCH3 is 2. The molecule has 6 rings (SSSR count). The van der Waals surface area contributed by atoms with E-state index in [0.717, 1.165) is 11.1 Å². The lowest BCUT2D eigenvalue weighted by Crippen LogP contribution is -2.40. The Bertz CT molecular complexity index is 1620. The molecule has 214 valence electrons. The number of aromatic hydroxyl groups is 1. The molecule has 1 heterocycles. The molecule has 1 aliphatic heterocycles. The molecule has 1 fully saturated rings. The molecule has 8 heteroatoms. The molecule has 0 bridgehead atoms. The molecule has 8 nitrogen and oxygen atoms in total. The number of ether oxygens (including phenoxy) is 2. The van der Waals surface area contributed by atoms with Crippen LogP contribution in [0.2, 0.25) is 0 Å². The predicted octanol–water partition coefficient (Wildman–Crippen LogP) is 4.58. The Hall–Kier alpha value is -4.72. The second-order valence-corrected chi connectivity index (χ2v) is 11.2. The van der Waals surface area contributed by atoms with Gasteiger partial charge in [0.05, 0.1) is 32.6 Å². The Kier molecular flexibility index (Phi) is 6.93. The lowest BCUT2D eigenvalue weighted by molar-refractivity contribution is -0.140. The summed E-state index contributed by atoms with van der Waals surface area (Å²) in [4.78, 5) is 55.5. The van der Waals surface area contributed by atoms with Crippen molar-refractivity contribution in [2.75, 3.05) is 14.2 Å². The van der Waals surface area contributed by atoms with Crippen LogP contribution in [-0.2, 0) is 25.7 Å². The Labute approximate surface area is 243 Å². The molecular formula is C34H31NO7. The maximum Gasteiger partial charge on any atom is 0.234 e. The summed E-state index contributed by atoms with van der Waals surface area (Å²) in [5.74, 6) is -2.57. The molecule has 1 N–H and O–H groups in total. The molecule has 0 spiro atoms. The van der Waals surface area contributed by atoms with E-state index in [-0.39, 0.29) is 59.5 Å². The number of allylic oxidation sites excluding steroid dienone is 7. The number of carbonyl (C=O) groups is 4. The molecule has 2 aromatic rings. The van der Waals surface area contributed by atoms with E-state index in [2.05, 4.69) is 0 Å². The van der Waals surface area contributed by atoms with Crippen molar-refractivity contribution in [3.63, 3.8) is 0 Å². The molecule has 0 aromatic heterocycles. The van der Waals surface area contributed by atoms with Crippen molar-refractivity contribution in [3.8, 4) is 17.2 Å². The number of amides is 2. The van der Waals surface area contributed by atoms with Crippen LogP contribution in [0.3, 0.4) is 0 Å². The molecule has 3 aliphatic carbocycles. The first kappa shape index (κ1) is 27.4. The van der Waals surface area contributed by atoms with Gasteiger partial charge in [0.25, 0.3) is 0 Å². The summed E-state index contributed by atoms with van der Waals surface area (Å²) in [6.07, 6.45) is 7.64. The average Bonchev–Trinajstić information content (AvgIpc) is 3.24. The fraction of sp³-hybridized carbons (Fsp3) is 0.294. The van der Waals surface area contributed by atoms with Crippen LogP contribution < -0.4 is 9.47 Å². The van der Waals surface area contributed by atoms with Gasteiger partial charge < -0.3 is 14.6 Å². The van der Waals surface area contributed by atoms with E-state index in [1.165, 1.54) is 25.2 Å². The van der Waals surface area contributed by atoms with E-state index < -0.39 is 17.8 Å². The Balaban J connectivity index is 1.40. The maximum absolute atomic E-state index is 13.9. The van der Waals surface area contributed by atoms with Crippen molar-refractivity contribution in [3.05, 3.63) is 94.1 Å². The number of carbonyl (C=O) groups excluding carboxylic acids is 4. The van der Waals surface area contributed by atoms with E-state index in [0.29, 0.717) is 28.7 Å². The summed E-state index contributed by atoms with van der Waals surface area (Å²) in [5.41, 5.74) is 3.60. The van der Waals surface area contributed by atoms with Crippen molar-refractivity contribution < 1.29 is 33.8 Å². The number of nitrogens with zero attached hydrogens (tertiary/aromatic N) is 1. The van der Waals surface area contributed by atoms with Crippen molar-refractivity contribution in [1.29, 1.82) is 0 Å². The number of imide groups is 1. The van der Waals surface area contributed by atoms with Gasteiger partial charge in [0.15, 0.2) is 23.1 Å². The van der Waals surface area contributed by atoms with E-state index in [1.807, 2.05) is 42.5 Å². The van der Waals surface area contributed by atoms with Crippen LogP contribution in [0.4, 0.5) is 0 Å². The monoisotopic (exact) mass is 565 g/mol. The minimum Gasteiger partial charge on any atom is -0.502 e. The molecule has 2 aromatic carbocycles. The van der Waals surface area contributed by atoms with Gasteiger partial charge in [-0.2, -0.15) is 0 Å². The zero-order chi connectivity index (χ0) is 29.7. The predicted molar refractivity (Wildman–Crippen MR) is 154 cm³/mol. The number of phenols is 1. The minimum atomic E-state index is -0.603. The van der Waals surface area contributed by atoms with E-state index >= 15 is 0 Å². The first-order valence-electron chi connectivity index (χ1n) is 14.0.